The van der Waals surface area contributed by atoms with Gasteiger partial charge in [-0.15, -0.1) is 0 Å². The Bertz CT molecular complexity index is 535. The van der Waals surface area contributed by atoms with Crippen LogP contribution in [0.15, 0.2) is 34.8 Å². The van der Waals surface area contributed by atoms with Crippen LogP contribution in [-0.4, -0.2) is 12.9 Å². The summed E-state index contributed by atoms with van der Waals surface area (Å²) in [4.78, 5) is 11.2. The molecule has 2 rings (SSSR count). The molecule has 0 aliphatic carbocycles. The summed E-state index contributed by atoms with van der Waals surface area (Å²) in [6.45, 7) is 2.44. The van der Waals surface area contributed by atoms with Crippen molar-refractivity contribution >= 4 is 33.0 Å². The largest absolute Gasteiger partial charge is 0.492 e. The Kier molecular flexibility index (Phi) is 3.25. The summed E-state index contributed by atoms with van der Waals surface area (Å²) in [5, 5.41) is 1.95. The third-order valence-corrected chi connectivity index (χ3v) is 2.99. The van der Waals surface area contributed by atoms with Crippen molar-refractivity contribution in [3.63, 3.8) is 0 Å². The van der Waals surface area contributed by atoms with Gasteiger partial charge in [-0.3, -0.25) is 4.79 Å². The highest BCUT2D eigenvalue weighted by molar-refractivity contribution is 9.10. The lowest BCUT2D eigenvalue weighted by molar-refractivity contribution is 0.112. The highest BCUT2D eigenvalue weighted by Crippen LogP contribution is 2.34. The van der Waals surface area contributed by atoms with E-state index in [4.69, 9.17) is 4.74 Å². The van der Waals surface area contributed by atoms with Crippen LogP contribution in [0.3, 0.4) is 0 Å². The highest BCUT2D eigenvalue weighted by Gasteiger charge is 2.11. The van der Waals surface area contributed by atoms with Crippen LogP contribution >= 0.6 is 15.9 Å². The molecule has 0 saturated heterocycles. The van der Waals surface area contributed by atoms with Gasteiger partial charge >= 0.3 is 0 Å². The van der Waals surface area contributed by atoms with Crippen molar-refractivity contribution in [2.24, 2.45) is 0 Å². The molecule has 0 N–H and O–H groups in total. The van der Waals surface area contributed by atoms with Gasteiger partial charge in [0, 0.05) is 0 Å². The van der Waals surface area contributed by atoms with Crippen molar-refractivity contribution in [3.05, 3.63) is 40.4 Å². The number of carbonyl (C=O) groups excluding carboxylic acids is 1. The van der Waals surface area contributed by atoms with E-state index in [9.17, 15) is 4.79 Å². The van der Waals surface area contributed by atoms with Gasteiger partial charge in [0.15, 0.2) is 6.29 Å². The van der Waals surface area contributed by atoms with E-state index in [-0.39, 0.29) is 0 Å². The average molecular weight is 279 g/mol. The summed E-state index contributed by atoms with van der Waals surface area (Å²) in [6.07, 6.45) is 0.845. The molecule has 0 saturated carbocycles. The van der Waals surface area contributed by atoms with Gasteiger partial charge in [0.2, 0.25) is 0 Å². The first kappa shape index (κ1) is 11.1. The number of ether oxygens (including phenoxy) is 1. The van der Waals surface area contributed by atoms with Gasteiger partial charge in [0.25, 0.3) is 0 Å². The molecule has 0 atom stereocenters. The maximum absolute atomic E-state index is 11.2. The normalized spacial score (nSPS) is 10.4. The van der Waals surface area contributed by atoms with Crippen LogP contribution in [0.4, 0.5) is 0 Å². The molecule has 0 radical (unpaired) electrons. The topological polar surface area (TPSA) is 26.3 Å². The molecule has 0 aromatic heterocycles. The van der Waals surface area contributed by atoms with Gasteiger partial charge < -0.3 is 4.74 Å². The lowest BCUT2D eigenvalue weighted by atomic mass is 10.0. The predicted molar refractivity (Wildman–Crippen MR) is 68.2 cm³/mol. The Morgan fingerprint density at radius 2 is 2.12 bits per heavy atom. The van der Waals surface area contributed by atoms with Crippen molar-refractivity contribution in [1.29, 1.82) is 0 Å². The number of hydrogen-bond donors (Lipinski definition) is 0. The van der Waals surface area contributed by atoms with Crippen LogP contribution < -0.4 is 4.74 Å². The van der Waals surface area contributed by atoms with E-state index in [0.29, 0.717) is 17.9 Å². The second kappa shape index (κ2) is 4.66. The fourth-order valence-corrected chi connectivity index (χ4v) is 2.30. The van der Waals surface area contributed by atoms with Gasteiger partial charge in [-0.05, 0) is 39.7 Å². The van der Waals surface area contributed by atoms with Crippen molar-refractivity contribution in [2.45, 2.75) is 6.92 Å². The van der Waals surface area contributed by atoms with Gasteiger partial charge in [0.1, 0.15) is 5.75 Å². The zero-order valence-corrected chi connectivity index (χ0v) is 10.5. The number of halogens is 1. The molecule has 2 aromatic carbocycles. The minimum atomic E-state index is 0.539. The van der Waals surface area contributed by atoms with Crippen LogP contribution in [0.5, 0.6) is 5.75 Å². The molecule has 2 nitrogen and oxygen atoms in total. The van der Waals surface area contributed by atoms with Crippen LogP contribution in [0.1, 0.15) is 17.3 Å². The van der Waals surface area contributed by atoms with Crippen LogP contribution in [0.2, 0.25) is 0 Å². The summed E-state index contributed by atoms with van der Waals surface area (Å²) >= 11 is 3.43. The number of fused-ring (bicyclic) bond motifs is 1. The van der Waals surface area contributed by atoms with Crippen molar-refractivity contribution in [1.82, 2.24) is 0 Å². The number of aldehydes is 1. The third-order valence-electron chi connectivity index (χ3n) is 2.40. The number of benzene rings is 2. The van der Waals surface area contributed by atoms with E-state index in [1.165, 1.54) is 0 Å². The first-order chi connectivity index (χ1) is 7.77. The van der Waals surface area contributed by atoms with Gasteiger partial charge in [-0.1, -0.05) is 24.3 Å². The summed E-state index contributed by atoms with van der Waals surface area (Å²) in [7, 11) is 0. The Morgan fingerprint density at radius 1 is 1.38 bits per heavy atom. The molecule has 0 bridgehead atoms. The molecule has 0 aliphatic rings. The second-order valence-corrected chi connectivity index (χ2v) is 4.23. The molecular formula is C13H11BrO2. The third kappa shape index (κ3) is 1.83. The molecule has 0 spiro atoms. The predicted octanol–water partition coefficient (Wildman–Crippen LogP) is 3.81. The molecular weight excluding hydrogens is 268 g/mol. The molecule has 2 aromatic rings. The monoisotopic (exact) mass is 278 g/mol. The van der Waals surface area contributed by atoms with Crippen molar-refractivity contribution in [3.8, 4) is 5.75 Å². The molecule has 0 aliphatic heterocycles. The highest BCUT2D eigenvalue weighted by atomic mass is 79.9. The van der Waals surface area contributed by atoms with Gasteiger partial charge in [-0.25, -0.2) is 0 Å². The van der Waals surface area contributed by atoms with Crippen molar-refractivity contribution in [2.75, 3.05) is 6.61 Å². The molecule has 16 heavy (non-hydrogen) atoms. The van der Waals surface area contributed by atoms with E-state index < -0.39 is 0 Å². The summed E-state index contributed by atoms with van der Waals surface area (Å²) < 4.78 is 6.30. The lowest BCUT2D eigenvalue weighted by Crippen LogP contribution is -1.98. The minimum Gasteiger partial charge on any atom is -0.492 e. The summed E-state index contributed by atoms with van der Waals surface area (Å²) in [5.74, 6) is 0.621. The zero-order valence-electron chi connectivity index (χ0n) is 8.87. The Hall–Kier alpha value is -1.35. The van der Waals surface area contributed by atoms with E-state index in [2.05, 4.69) is 15.9 Å². The molecule has 0 unspecified atom stereocenters. The summed E-state index contributed by atoms with van der Waals surface area (Å²) in [6, 6.07) is 9.73. The number of rotatable bonds is 3. The van der Waals surface area contributed by atoms with E-state index >= 15 is 0 Å². The van der Waals surface area contributed by atoms with Gasteiger partial charge in [-0.2, -0.15) is 0 Å². The van der Waals surface area contributed by atoms with Crippen molar-refractivity contribution < 1.29 is 9.53 Å². The first-order valence-electron chi connectivity index (χ1n) is 5.07. The molecule has 82 valence electrons. The Morgan fingerprint density at radius 3 is 2.81 bits per heavy atom. The second-order valence-electron chi connectivity index (χ2n) is 3.37. The Labute approximate surface area is 102 Å². The van der Waals surface area contributed by atoms with E-state index in [0.717, 1.165) is 21.5 Å². The smallest absolute Gasteiger partial charge is 0.154 e. The van der Waals surface area contributed by atoms with Gasteiger partial charge in [0.05, 0.1) is 16.6 Å². The quantitative estimate of drug-likeness (QED) is 0.798. The van der Waals surface area contributed by atoms with E-state index in [1.54, 1.807) is 0 Å². The fraction of sp³-hybridized carbons (Fsp3) is 0.154. The SMILES string of the molecule is CCOc1c(Br)cc2ccccc2c1C=O. The molecule has 0 heterocycles. The van der Waals surface area contributed by atoms with Crippen LogP contribution in [0.25, 0.3) is 10.8 Å². The maximum atomic E-state index is 11.2. The molecule has 3 heteroatoms. The first-order valence-corrected chi connectivity index (χ1v) is 5.86. The van der Waals surface area contributed by atoms with E-state index in [1.807, 2.05) is 37.3 Å². The van der Waals surface area contributed by atoms with Crippen LogP contribution in [-0.2, 0) is 0 Å². The average Bonchev–Trinajstić information content (AvgIpc) is 2.30. The minimum absolute atomic E-state index is 0.539. The number of hydrogen-bond acceptors (Lipinski definition) is 2. The standard InChI is InChI=1S/C13H11BrO2/c1-2-16-13-11(8-15)10-6-4-3-5-9(10)7-12(13)14/h3-8H,2H2,1H3. The van der Waals surface area contributed by atoms with Crippen LogP contribution in [0, 0.1) is 0 Å². The summed E-state index contributed by atoms with van der Waals surface area (Å²) in [5.41, 5.74) is 0.604. The molecule has 0 amide bonds. The maximum Gasteiger partial charge on any atom is 0.154 e. The lowest BCUT2D eigenvalue weighted by Gasteiger charge is -2.11. The zero-order chi connectivity index (χ0) is 11.5. The Balaban J connectivity index is 2.79. The fourth-order valence-electron chi connectivity index (χ4n) is 1.73. The molecule has 0 fully saturated rings. The number of carbonyl (C=O) groups is 1.